The number of hydrogen-bond donors (Lipinski definition) is 2. The number of aromatic nitrogens is 2. The number of ether oxygens (including phenoxy) is 1. The monoisotopic (exact) mass is 304 g/mol. The van der Waals surface area contributed by atoms with Gasteiger partial charge in [0.05, 0.1) is 23.3 Å². The first kappa shape index (κ1) is 15.1. The van der Waals surface area contributed by atoms with Crippen molar-refractivity contribution in [1.82, 2.24) is 10.2 Å². The molecule has 7 heteroatoms. The van der Waals surface area contributed by atoms with Crippen molar-refractivity contribution < 1.29 is 9.94 Å². The Labute approximate surface area is 127 Å². The summed E-state index contributed by atoms with van der Waals surface area (Å²) in [5, 5.41) is 20.9. The lowest BCUT2D eigenvalue weighted by molar-refractivity contribution is 0.318. The molecule has 21 heavy (non-hydrogen) atoms. The number of para-hydroxylation sites is 1. The smallest absolute Gasteiger partial charge is 0.173 e. The van der Waals surface area contributed by atoms with E-state index in [4.69, 9.17) is 15.7 Å². The van der Waals surface area contributed by atoms with Crippen molar-refractivity contribution >= 4 is 17.6 Å². The van der Waals surface area contributed by atoms with E-state index >= 15 is 0 Å². The second kappa shape index (κ2) is 6.45. The number of nitrogens with zero attached hydrogens (tertiary/aromatic N) is 3. The predicted octanol–water partition coefficient (Wildman–Crippen LogP) is 2.35. The zero-order chi connectivity index (χ0) is 15.4. The van der Waals surface area contributed by atoms with Gasteiger partial charge in [-0.25, -0.2) is 0 Å². The number of hydrogen-bond acceptors (Lipinski definition) is 6. The third-order valence-corrected chi connectivity index (χ3v) is 4.10. The van der Waals surface area contributed by atoms with Crippen LogP contribution in [-0.4, -0.2) is 28.4 Å². The van der Waals surface area contributed by atoms with Crippen LogP contribution in [0.15, 0.2) is 39.3 Å². The average molecular weight is 304 g/mol. The van der Waals surface area contributed by atoms with Gasteiger partial charge in [0.1, 0.15) is 10.8 Å². The third-order valence-electron chi connectivity index (χ3n) is 3.06. The fourth-order valence-corrected chi connectivity index (χ4v) is 2.87. The molecule has 1 aromatic carbocycles. The lowest BCUT2D eigenvalue weighted by Crippen LogP contribution is -2.18. The fraction of sp³-hybridized carbons (Fsp3) is 0.214. The van der Waals surface area contributed by atoms with Crippen molar-refractivity contribution in [2.24, 2.45) is 10.9 Å². The van der Waals surface area contributed by atoms with Gasteiger partial charge in [-0.2, -0.15) is 5.10 Å². The second-order valence-electron chi connectivity index (χ2n) is 4.33. The number of benzene rings is 1. The largest absolute Gasteiger partial charge is 0.496 e. The highest BCUT2D eigenvalue weighted by atomic mass is 32.2. The van der Waals surface area contributed by atoms with E-state index in [1.165, 1.54) is 11.8 Å². The Hall–Kier alpha value is -2.28. The Kier molecular flexibility index (Phi) is 4.64. The van der Waals surface area contributed by atoms with Crippen LogP contribution >= 0.6 is 11.8 Å². The molecule has 6 nitrogen and oxygen atoms in total. The Morgan fingerprint density at radius 2 is 2.00 bits per heavy atom. The molecule has 0 saturated heterocycles. The van der Waals surface area contributed by atoms with Crippen molar-refractivity contribution in [3.05, 3.63) is 41.1 Å². The first-order valence-electron chi connectivity index (χ1n) is 6.21. The van der Waals surface area contributed by atoms with E-state index in [1.54, 1.807) is 7.11 Å². The van der Waals surface area contributed by atoms with E-state index < -0.39 is 0 Å². The molecule has 0 amide bonds. The summed E-state index contributed by atoms with van der Waals surface area (Å²) in [6.45, 7) is 3.69. The van der Waals surface area contributed by atoms with E-state index in [9.17, 15) is 0 Å². The molecule has 0 unspecified atom stereocenters. The summed E-state index contributed by atoms with van der Waals surface area (Å²) in [5.74, 6) is 0.746. The number of amidine groups is 1. The number of aryl methyl sites for hydroxylation is 1. The molecule has 2 aromatic rings. The van der Waals surface area contributed by atoms with Crippen molar-refractivity contribution in [1.29, 1.82) is 0 Å². The molecule has 0 bridgehead atoms. The maximum absolute atomic E-state index is 8.98. The number of methoxy groups -OCH3 is 1. The topological polar surface area (TPSA) is 93.6 Å². The molecule has 0 fully saturated rings. The van der Waals surface area contributed by atoms with Crippen LogP contribution in [0.2, 0.25) is 0 Å². The van der Waals surface area contributed by atoms with E-state index in [1.807, 2.05) is 38.1 Å². The van der Waals surface area contributed by atoms with Crippen molar-refractivity contribution in [3.8, 4) is 5.75 Å². The second-order valence-corrected chi connectivity index (χ2v) is 5.36. The van der Waals surface area contributed by atoms with Crippen molar-refractivity contribution in [3.63, 3.8) is 0 Å². The van der Waals surface area contributed by atoms with Gasteiger partial charge in [0.2, 0.25) is 0 Å². The van der Waals surface area contributed by atoms with Gasteiger partial charge >= 0.3 is 0 Å². The molecule has 0 aliphatic heterocycles. The minimum atomic E-state index is 0.0166. The molecule has 0 spiro atoms. The molecular formula is C14H16N4O2S. The summed E-state index contributed by atoms with van der Waals surface area (Å²) < 4.78 is 5.32. The first-order chi connectivity index (χ1) is 10.1. The van der Waals surface area contributed by atoms with Crippen LogP contribution in [0.1, 0.15) is 16.8 Å². The molecule has 1 aromatic heterocycles. The van der Waals surface area contributed by atoms with Gasteiger partial charge in [0.15, 0.2) is 5.84 Å². The van der Waals surface area contributed by atoms with Gasteiger partial charge in [-0.05, 0) is 31.5 Å². The Balaban J connectivity index is 2.52. The van der Waals surface area contributed by atoms with Crippen LogP contribution < -0.4 is 10.5 Å². The molecule has 1 heterocycles. The molecule has 0 aliphatic carbocycles. The standard InChI is InChI=1S/C14H16N4O2S/c1-8-9(2)16-17-14(12(8)13(15)18-19)21-11-7-5-4-6-10(11)20-3/h4-7,19H,1-3H3,(H2,15,18). The van der Waals surface area contributed by atoms with Crippen LogP contribution in [0.4, 0.5) is 0 Å². The summed E-state index contributed by atoms with van der Waals surface area (Å²) in [4.78, 5) is 0.879. The Morgan fingerprint density at radius 1 is 1.29 bits per heavy atom. The quantitative estimate of drug-likeness (QED) is 0.390. The number of rotatable bonds is 4. The molecule has 2 rings (SSSR count). The van der Waals surface area contributed by atoms with Gasteiger partial charge < -0.3 is 15.7 Å². The highest BCUT2D eigenvalue weighted by Gasteiger charge is 2.17. The van der Waals surface area contributed by atoms with Gasteiger partial charge in [0.25, 0.3) is 0 Å². The number of nitrogens with two attached hydrogens (primary N) is 1. The minimum Gasteiger partial charge on any atom is -0.496 e. The normalized spacial score (nSPS) is 11.5. The van der Waals surface area contributed by atoms with E-state index in [2.05, 4.69) is 15.4 Å². The Morgan fingerprint density at radius 3 is 2.67 bits per heavy atom. The van der Waals surface area contributed by atoms with E-state index in [0.717, 1.165) is 21.9 Å². The van der Waals surface area contributed by atoms with Crippen molar-refractivity contribution in [2.75, 3.05) is 7.11 Å². The third kappa shape index (κ3) is 3.08. The summed E-state index contributed by atoms with van der Waals surface area (Å²) >= 11 is 1.36. The Bertz CT molecular complexity index is 689. The number of oxime groups is 1. The highest BCUT2D eigenvalue weighted by Crippen LogP contribution is 2.35. The van der Waals surface area contributed by atoms with Crippen LogP contribution in [-0.2, 0) is 0 Å². The zero-order valence-electron chi connectivity index (χ0n) is 12.0. The zero-order valence-corrected chi connectivity index (χ0v) is 12.8. The molecule has 110 valence electrons. The summed E-state index contributed by atoms with van der Waals surface area (Å²) in [7, 11) is 1.61. The molecular weight excluding hydrogens is 288 g/mol. The maximum atomic E-state index is 8.98. The SMILES string of the molecule is COc1ccccc1Sc1nnc(C)c(C)c1C(N)=NO. The van der Waals surface area contributed by atoms with Crippen LogP contribution in [0.25, 0.3) is 0 Å². The van der Waals surface area contributed by atoms with E-state index in [-0.39, 0.29) is 5.84 Å². The summed E-state index contributed by atoms with van der Waals surface area (Å²) in [6, 6.07) is 7.57. The average Bonchev–Trinajstić information content (AvgIpc) is 2.51. The molecule has 0 aliphatic rings. The van der Waals surface area contributed by atoms with Gasteiger partial charge in [-0.15, -0.1) is 5.10 Å². The summed E-state index contributed by atoms with van der Waals surface area (Å²) in [5.41, 5.74) is 7.93. The van der Waals surface area contributed by atoms with Gasteiger partial charge in [0, 0.05) is 0 Å². The van der Waals surface area contributed by atoms with Crippen molar-refractivity contribution in [2.45, 2.75) is 23.8 Å². The van der Waals surface area contributed by atoms with Crippen LogP contribution in [0, 0.1) is 13.8 Å². The van der Waals surface area contributed by atoms with Gasteiger partial charge in [-0.3, -0.25) is 0 Å². The molecule has 0 atom stereocenters. The summed E-state index contributed by atoms with van der Waals surface area (Å²) in [6.07, 6.45) is 0. The molecule has 0 radical (unpaired) electrons. The van der Waals surface area contributed by atoms with E-state index in [0.29, 0.717) is 10.6 Å². The van der Waals surface area contributed by atoms with Gasteiger partial charge in [-0.1, -0.05) is 29.1 Å². The van der Waals surface area contributed by atoms with Crippen LogP contribution in [0.5, 0.6) is 5.75 Å². The molecule has 3 N–H and O–H groups in total. The maximum Gasteiger partial charge on any atom is 0.173 e. The first-order valence-corrected chi connectivity index (χ1v) is 7.02. The lowest BCUT2D eigenvalue weighted by atomic mass is 10.1. The highest BCUT2D eigenvalue weighted by molar-refractivity contribution is 7.99. The fourth-order valence-electron chi connectivity index (χ4n) is 1.82. The lowest BCUT2D eigenvalue weighted by Gasteiger charge is -2.12. The minimum absolute atomic E-state index is 0.0166. The van der Waals surface area contributed by atoms with Crippen LogP contribution in [0.3, 0.4) is 0 Å². The predicted molar refractivity (Wildman–Crippen MR) is 81.1 cm³/mol. The molecule has 0 saturated carbocycles.